The van der Waals surface area contributed by atoms with Crippen molar-refractivity contribution in [2.24, 2.45) is 0 Å². The summed E-state index contributed by atoms with van der Waals surface area (Å²) in [5.41, 5.74) is 10.7. The van der Waals surface area contributed by atoms with Crippen molar-refractivity contribution < 1.29 is 4.39 Å². The number of anilines is 2. The number of rotatable bonds is 9. The van der Waals surface area contributed by atoms with E-state index < -0.39 is 0 Å². The van der Waals surface area contributed by atoms with Crippen LogP contribution in [0.25, 0.3) is 10.9 Å². The van der Waals surface area contributed by atoms with Crippen LogP contribution < -0.4 is 21.6 Å². The molecule has 1 aliphatic carbocycles. The maximum Gasteiger partial charge on any atom is 0.123 e. The lowest BCUT2D eigenvalue weighted by molar-refractivity contribution is 0.260. The van der Waals surface area contributed by atoms with Crippen LogP contribution in [0.3, 0.4) is 0 Å². The molecule has 0 radical (unpaired) electrons. The number of nitrogens with zero attached hydrogens (tertiary/aromatic N) is 4. The van der Waals surface area contributed by atoms with Crippen molar-refractivity contribution in [3.63, 3.8) is 0 Å². The minimum atomic E-state index is -0.311. The number of hydrogen-bond acceptors (Lipinski definition) is 9. The van der Waals surface area contributed by atoms with Gasteiger partial charge in [-0.05, 0) is 42.7 Å². The van der Waals surface area contributed by atoms with Gasteiger partial charge in [-0.2, -0.15) is 5.26 Å². The second-order valence-electron chi connectivity index (χ2n) is 9.20. The Labute approximate surface area is 228 Å². The predicted molar refractivity (Wildman–Crippen MR) is 148 cm³/mol. The summed E-state index contributed by atoms with van der Waals surface area (Å²) in [6.07, 6.45) is 8.38. The zero-order chi connectivity index (χ0) is 26.1. The quantitative estimate of drug-likeness (QED) is 0.219. The van der Waals surface area contributed by atoms with Crippen LogP contribution in [-0.2, 0) is 6.42 Å². The first-order valence-electron chi connectivity index (χ1n) is 12.3. The Morgan fingerprint density at radius 3 is 2.82 bits per heavy atom. The van der Waals surface area contributed by atoms with Crippen molar-refractivity contribution in [2.45, 2.75) is 31.3 Å². The van der Waals surface area contributed by atoms with E-state index in [1.54, 1.807) is 35.9 Å². The second-order valence-corrected chi connectivity index (χ2v) is 10.6. The molecule has 11 heteroatoms. The molecular formula is C27H24ClFN8S. The molecule has 1 unspecified atom stereocenters. The lowest BCUT2D eigenvalue weighted by Gasteiger charge is -2.22. The third kappa shape index (κ3) is 5.09. The van der Waals surface area contributed by atoms with Gasteiger partial charge in [0.05, 0.1) is 38.5 Å². The van der Waals surface area contributed by atoms with Crippen LogP contribution in [0.5, 0.6) is 0 Å². The molecule has 1 saturated carbocycles. The number of fused-ring (bicyclic) bond motifs is 1. The van der Waals surface area contributed by atoms with Gasteiger partial charge >= 0.3 is 0 Å². The van der Waals surface area contributed by atoms with Gasteiger partial charge in [0.15, 0.2) is 0 Å². The molecule has 8 nitrogen and oxygen atoms in total. The molecule has 1 aliphatic heterocycles. The van der Waals surface area contributed by atoms with Crippen molar-refractivity contribution in [1.82, 2.24) is 25.9 Å². The number of aromatic nitrogens is 2. The van der Waals surface area contributed by atoms with Crippen LogP contribution in [0.4, 0.5) is 15.8 Å². The Hall–Kier alpha value is -3.91. The maximum absolute atomic E-state index is 13.7. The highest BCUT2D eigenvalue weighted by molar-refractivity contribution is 7.09. The Kier molecular flexibility index (Phi) is 6.72. The van der Waals surface area contributed by atoms with E-state index in [-0.39, 0.29) is 11.9 Å². The summed E-state index contributed by atoms with van der Waals surface area (Å²) in [6, 6.07) is 12.6. The molecule has 1 fully saturated rings. The van der Waals surface area contributed by atoms with E-state index in [2.05, 4.69) is 42.6 Å². The van der Waals surface area contributed by atoms with Gasteiger partial charge in [-0.25, -0.2) is 9.37 Å². The predicted octanol–water partition coefficient (Wildman–Crippen LogP) is 5.49. The highest BCUT2D eigenvalue weighted by atomic mass is 35.5. The van der Waals surface area contributed by atoms with Gasteiger partial charge in [0.25, 0.3) is 0 Å². The average molecular weight is 547 g/mol. The Bertz CT molecular complexity index is 1530. The van der Waals surface area contributed by atoms with Crippen molar-refractivity contribution in [1.29, 1.82) is 5.26 Å². The first-order valence-corrected chi connectivity index (χ1v) is 13.5. The van der Waals surface area contributed by atoms with E-state index in [9.17, 15) is 9.65 Å². The maximum atomic E-state index is 13.7. The lowest BCUT2D eigenvalue weighted by Crippen LogP contribution is -2.38. The molecule has 0 amide bonds. The molecule has 2 aromatic heterocycles. The van der Waals surface area contributed by atoms with Crippen LogP contribution in [0, 0.1) is 17.1 Å². The number of benzene rings is 2. The van der Waals surface area contributed by atoms with E-state index in [0.717, 1.165) is 46.6 Å². The van der Waals surface area contributed by atoms with Gasteiger partial charge in [-0.15, -0.1) is 16.9 Å². The minimum Gasteiger partial charge on any atom is -0.383 e. The highest BCUT2D eigenvalue weighted by Crippen LogP contribution is 2.36. The Balaban J connectivity index is 1.35. The standard InChI is InChI=1S/C27H24ClFN8S/c28-22-12-19(11-21-25(17(13-30)14-33-27(21)22)32-8-7-24-31-9-10-38-24)34-26(16-1-3-18(29)4-2-16)23-15-37(36-35-23)20-5-6-20/h1-4,9-12,14-15,20,26,34-36H,5-8H2,(H,32,33). The van der Waals surface area contributed by atoms with Crippen LogP contribution in [-0.4, -0.2) is 27.6 Å². The van der Waals surface area contributed by atoms with Crippen molar-refractivity contribution in [3.05, 3.63) is 93.0 Å². The summed E-state index contributed by atoms with van der Waals surface area (Å²) < 4.78 is 13.7. The fourth-order valence-corrected chi connectivity index (χ4v) is 5.38. The van der Waals surface area contributed by atoms with Gasteiger partial charge < -0.3 is 16.1 Å². The summed E-state index contributed by atoms with van der Waals surface area (Å²) in [4.78, 5) is 8.79. The van der Waals surface area contributed by atoms with Crippen molar-refractivity contribution in [3.8, 4) is 6.07 Å². The number of hydrogen-bond donors (Lipinski definition) is 4. The van der Waals surface area contributed by atoms with Gasteiger partial charge in [0.2, 0.25) is 0 Å². The first-order chi connectivity index (χ1) is 18.6. The molecule has 4 N–H and O–H groups in total. The van der Waals surface area contributed by atoms with Crippen molar-refractivity contribution >= 4 is 45.2 Å². The van der Waals surface area contributed by atoms with Crippen LogP contribution >= 0.6 is 22.9 Å². The molecule has 6 rings (SSSR count). The fraction of sp³-hybridized carbons (Fsp3) is 0.222. The number of halogens is 2. The lowest BCUT2D eigenvalue weighted by atomic mass is 10.0. The van der Waals surface area contributed by atoms with Crippen molar-refractivity contribution in [2.75, 3.05) is 17.2 Å². The summed E-state index contributed by atoms with van der Waals surface area (Å²) in [5, 5.41) is 23.0. The molecule has 0 spiro atoms. The van der Waals surface area contributed by atoms with Crippen LogP contribution in [0.2, 0.25) is 5.02 Å². The molecule has 2 aromatic carbocycles. The smallest absolute Gasteiger partial charge is 0.123 e. The highest BCUT2D eigenvalue weighted by Gasteiger charge is 2.32. The molecule has 4 aromatic rings. The van der Waals surface area contributed by atoms with Gasteiger partial charge in [-0.3, -0.25) is 9.99 Å². The first kappa shape index (κ1) is 24.4. The van der Waals surface area contributed by atoms with E-state index >= 15 is 0 Å². The molecule has 0 bridgehead atoms. The normalized spacial score (nSPS) is 15.6. The Morgan fingerprint density at radius 1 is 1.24 bits per heavy atom. The second kappa shape index (κ2) is 10.5. The fourth-order valence-electron chi connectivity index (χ4n) is 4.49. The van der Waals surface area contributed by atoms with E-state index in [4.69, 9.17) is 11.6 Å². The number of thiazole rings is 1. The minimum absolute atomic E-state index is 0.295. The molecule has 3 heterocycles. The Morgan fingerprint density at radius 2 is 2.08 bits per heavy atom. The molecular weight excluding hydrogens is 523 g/mol. The zero-order valence-electron chi connectivity index (χ0n) is 20.2. The van der Waals surface area contributed by atoms with Crippen LogP contribution in [0.15, 0.2) is 66.1 Å². The molecule has 2 aliphatic rings. The number of nitriles is 1. The third-order valence-corrected chi connectivity index (χ3v) is 7.67. The zero-order valence-corrected chi connectivity index (χ0v) is 21.8. The summed E-state index contributed by atoms with van der Waals surface area (Å²) in [6.45, 7) is 0.605. The summed E-state index contributed by atoms with van der Waals surface area (Å²) in [5.74, 6) is -0.295. The van der Waals surface area contributed by atoms with E-state index in [1.807, 2.05) is 23.7 Å². The number of hydrazine groups is 2. The SMILES string of the molecule is N#Cc1cnc2c(Cl)cc(NC(C3=CN(C4CC4)NN3)c3ccc(F)cc3)cc2c1NCCc1nccs1. The van der Waals surface area contributed by atoms with Crippen LogP contribution in [0.1, 0.15) is 35.0 Å². The van der Waals surface area contributed by atoms with Gasteiger partial charge in [-0.1, -0.05) is 23.7 Å². The largest absolute Gasteiger partial charge is 0.383 e. The third-order valence-electron chi connectivity index (χ3n) is 6.54. The summed E-state index contributed by atoms with van der Waals surface area (Å²) >= 11 is 8.30. The number of nitrogens with one attached hydrogen (secondary N) is 4. The monoisotopic (exact) mass is 546 g/mol. The van der Waals surface area contributed by atoms with E-state index in [1.165, 1.54) is 12.1 Å². The molecule has 192 valence electrons. The number of pyridine rings is 1. The summed E-state index contributed by atoms with van der Waals surface area (Å²) in [7, 11) is 0. The van der Waals surface area contributed by atoms with Gasteiger partial charge in [0.1, 0.15) is 11.9 Å². The molecule has 1 atom stereocenters. The average Bonchev–Trinajstić information content (AvgIpc) is 3.42. The topological polar surface area (TPSA) is 101 Å². The molecule has 38 heavy (non-hydrogen) atoms. The van der Waals surface area contributed by atoms with Gasteiger partial charge in [0, 0.05) is 54.1 Å². The molecule has 0 saturated heterocycles. The van der Waals surface area contributed by atoms with E-state index in [0.29, 0.717) is 34.4 Å².